The average molecular weight is 855 g/mol. The highest BCUT2D eigenvalue weighted by molar-refractivity contribution is 7.80. The van der Waals surface area contributed by atoms with E-state index in [0.717, 1.165) is 10.9 Å². The molecule has 320 valence electrons. The highest BCUT2D eigenvalue weighted by Gasteiger charge is 2.33. The molecule has 0 unspecified atom stereocenters. The predicted octanol–water partition coefficient (Wildman–Crippen LogP) is -2.16. The maximum absolute atomic E-state index is 14.2. The van der Waals surface area contributed by atoms with Crippen LogP contribution in [0, 0.1) is 5.41 Å². The van der Waals surface area contributed by atoms with Crippen LogP contribution in [-0.2, 0) is 46.4 Å². The normalized spacial score (nSPS) is 14.0. The summed E-state index contributed by atoms with van der Waals surface area (Å²) in [6.45, 7) is 0.155. The molecule has 6 atom stereocenters. The number of para-hydroxylation sites is 1. The van der Waals surface area contributed by atoms with Gasteiger partial charge in [-0.05, 0) is 43.5 Å². The third-order valence-corrected chi connectivity index (χ3v) is 10.00. The zero-order valence-electron chi connectivity index (χ0n) is 32.6. The Bertz CT molecular complexity index is 1930. The summed E-state index contributed by atoms with van der Waals surface area (Å²) in [5.41, 5.74) is 18.4. The van der Waals surface area contributed by atoms with Crippen LogP contribution >= 0.6 is 25.3 Å². The van der Waals surface area contributed by atoms with Crippen LogP contribution < -0.4 is 54.4 Å². The molecule has 0 bridgehead atoms. The topological polar surface area (TPSA) is 321 Å². The lowest BCUT2D eigenvalue weighted by Crippen LogP contribution is -2.60. The Morgan fingerprint density at radius 3 is 1.73 bits per heavy atom. The molecular formula is C38H54N12O7S2. The monoisotopic (exact) mass is 854 g/mol. The number of likely N-dealkylation sites (N-methyl/N-ethyl adjacent to an activating group) is 1. The molecule has 0 aliphatic heterocycles. The van der Waals surface area contributed by atoms with Gasteiger partial charge in [0, 0.05) is 54.4 Å². The molecule has 21 heteroatoms. The summed E-state index contributed by atoms with van der Waals surface area (Å²) < 4.78 is 0. The van der Waals surface area contributed by atoms with Crippen molar-refractivity contribution < 1.29 is 33.6 Å². The predicted molar refractivity (Wildman–Crippen MR) is 229 cm³/mol. The molecule has 0 radical (unpaired) electrons. The molecule has 1 heterocycles. The van der Waals surface area contributed by atoms with Crippen molar-refractivity contribution in [2.75, 3.05) is 25.1 Å². The largest absolute Gasteiger partial charge is 0.370 e. The lowest BCUT2D eigenvalue weighted by atomic mass is 10.0. The first-order valence-electron chi connectivity index (χ1n) is 18.8. The lowest BCUT2D eigenvalue weighted by molar-refractivity contribution is -0.135. The Kier molecular flexibility index (Phi) is 19.5. The van der Waals surface area contributed by atoms with Gasteiger partial charge in [-0.1, -0.05) is 48.5 Å². The van der Waals surface area contributed by atoms with Gasteiger partial charge in [0.25, 0.3) is 0 Å². The smallest absolute Gasteiger partial charge is 0.243 e. The number of nitrogens with one attached hydrogen (secondary N) is 9. The molecule has 0 aliphatic carbocycles. The summed E-state index contributed by atoms with van der Waals surface area (Å²) in [6, 6.07) is 8.96. The van der Waals surface area contributed by atoms with Crippen molar-refractivity contribution in [1.82, 2.24) is 42.2 Å². The Balaban J connectivity index is 1.96. The number of hydrogen-bond acceptors (Lipinski definition) is 11. The number of rotatable bonds is 25. The van der Waals surface area contributed by atoms with E-state index in [-0.39, 0.29) is 62.5 Å². The first-order chi connectivity index (χ1) is 28.2. The van der Waals surface area contributed by atoms with Gasteiger partial charge < -0.3 is 59.4 Å². The number of amides is 7. The van der Waals surface area contributed by atoms with Crippen molar-refractivity contribution in [2.45, 2.75) is 74.8 Å². The van der Waals surface area contributed by atoms with Crippen LogP contribution in [-0.4, -0.2) is 114 Å². The van der Waals surface area contributed by atoms with Gasteiger partial charge in [-0.3, -0.25) is 39.0 Å². The fraction of sp³-hybridized carbons (Fsp3) is 0.421. The highest BCUT2D eigenvalue weighted by Crippen LogP contribution is 2.19. The highest BCUT2D eigenvalue weighted by atomic mass is 32.1. The van der Waals surface area contributed by atoms with E-state index in [4.69, 9.17) is 22.6 Å². The fourth-order valence-corrected chi connectivity index (χ4v) is 6.64. The number of guanidine groups is 1. The van der Waals surface area contributed by atoms with Gasteiger partial charge in [0.05, 0.1) is 6.04 Å². The number of aromatic amines is 1. The summed E-state index contributed by atoms with van der Waals surface area (Å²) in [5, 5.41) is 27.0. The summed E-state index contributed by atoms with van der Waals surface area (Å²) in [7, 11) is 1.54. The van der Waals surface area contributed by atoms with Gasteiger partial charge in [-0.25, -0.2) is 0 Å². The molecule has 19 nitrogen and oxygen atoms in total. The Labute approximate surface area is 352 Å². The average Bonchev–Trinajstić information content (AvgIpc) is 3.61. The first kappa shape index (κ1) is 47.6. The molecule has 0 saturated heterocycles. The molecule has 59 heavy (non-hydrogen) atoms. The van der Waals surface area contributed by atoms with Gasteiger partial charge in [0.15, 0.2) is 5.96 Å². The molecule has 0 aliphatic rings. The third kappa shape index (κ3) is 15.5. The number of H-pyrrole nitrogens is 1. The Hall–Kier alpha value is -5.80. The van der Waals surface area contributed by atoms with E-state index in [2.05, 4.69) is 67.5 Å². The summed E-state index contributed by atoms with van der Waals surface area (Å²) in [4.78, 5) is 95.8. The van der Waals surface area contributed by atoms with Crippen molar-refractivity contribution in [3.63, 3.8) is 0 Å². The van der Waals surface area contributed by atoms with E-state index >= 15 is 0 Å². The van der Waals surface area contributed by atoms with E-state index in [1.807, 2.05) is 24.3 Å². The fourth-order valence-electron chi connectivity index (χ4n) is 6.02. The molecule has 1 aromatic heterocycles. The van der Waals surface area contributed by atoms with Crippen LogP contribution in [0.25, 0.3) is 10.9 Å². The Morgan fingerprint density at radius 2 is 1.17 bits per heavy atom. The van der Waals surface area contributed by atoms with Crippen LogP contribution in [0.15, 0.2) is 60.8 Å². The summed E-state index contributed by atoms with van der Waals surface area (Å²) in [6.07, 6.45) is 1.40. The van der Waals surface area contributed by atoms with E-state index in [0.29, 0.717) is 11.1 Å². The van der Waals surface area contributed by atoms with E-state index in [1.54, 1.807) is 43.6 Å². The SMILES string of the molecule is CN[C@@H](CS)C(=O)N[C@@H](CCC(N)=O)C(=O)N[C@H](Cc1ccccc1)C(=O)N[C@@H](CCCNC(=N)N)C(=O)N[C@@H](Cc1c[nH]c2ccccc12)C(=O)N[C@@H](CS)C(N)=O. The zero-order valence-corrected chi connectivity index (χ0v) is 34.4. The van der Waals surface area contributed by atoms with Crippen molar-refractivity contribution in [3.05, 3.63) is 71.9 Å². The second kappa shape index (κ2) is 24.2. The minimum Gasteiger partial charge on any atom is -0.370 e. The third-order valence-electron chi connectivity index (χ3n) is 9.27. The van der Waals surface area contributed by atoms with Crippen LogP contribution in [0.3, 0.4) is 0 Å². The maximum Gasteiger partial charge on any atom is 0.243 e. The molecular weight excluding hydrogens is 801 g/mol. The van der Waals surface area contributed by atoms with Gasteiger partial charge >= 0.3 is 0 Å². The van der Waals surface area contributed by atoms with E-state index < -0.39 is 77.6 Å². The summed E-state index contributed by atoms with van der Waals surface area (Å²) >= 11 is 8.29. The molecule has 3 rings (SSSR count). The van der Waals surface area contributed by atoms with Gasteiger partial charge in [0.1, 0.15) is 30.2 Å². The number of carbonyl (C=O) groups excluding carboxylic acids is 7. The Morgan fingerprint density at radius 1 is 0.661 bits per heavy atom. The van der Waals surface area contributed by atoms with Crippen LogP contribution in [0.5, 0.6) is 0 Å². The number of nitrogens with two attached hydrogens (primary N) is 3. The number of carbonyl (C=O) groups is 7. The van der Waals surface area contributed by atoms with Crippen LogP contribution in [0.4, 0.5) is 0 Å². The summed E-state index contributed by atoms with van der Waals surface area (Å²) in [5.74, 6) is -5.52. The molecule has 3 aromatic rings. The maximum atomic E-state index is 14.2. The number of aromatic nitrogens is 1. The molecule has 2 aromatic carbocycles. The van der Waals surface area contributed by atoms with Gasteiger partial charge in [-0.15, -0.1) is 0 Å². The molecule has 7 amide bonds. The number of benzene rings is 2. The lowest BCUT2D eigenvalue weighted by Gasteiger charge is -2.27. The van der Waals surface area contributed by atoms with Crippen molar-refractivity contribution in [2.24, 2.45) is 17.2 Å². The van der Waals surface area contributed by atoms with Crippen LogP contribution in [0.1, 0.15) is 36.8 Å². The molecule has 0 fully saturated rings. The van der Waals surface area contributed by atoms with Crippen molar-refractivity contribution in [3.8, 4) is 0 Å². The number of hydrogen-bond donors (Lipinski definition) is 14. The molecule has 0 saturated carbocycles. The minimum absolute atomic E-state index is 0.0156. The second-order valence-electron chi connectivity index (χ2n) is 13.7. The first-order valence-corrected chi connectivity index (χ1v) is 20.1. The number of fused-ring (bicyclic) bond motifs is 1. The molecule has 15 N–H and O–H groups in total. The van der Waals surface area contributed by atoms with Crippen LogP contribution in [0.2, 0.25) is 0 Å². The van der Waals surface area contributed by atoms with Crippen molar-refractivity contribution >= 4 is 83.5 Å². The van der Waals surface area contributed by atoms with Gasteiger partial charge in [-0.2, -0.15) is 25.3 Å². The molecule has 0 spiro atoms. The van der Waals surface area contributed by atoms with E-state index in [9.17, 15) is 33.6 Å². The quantitative estimate of drug-likeness (QED) is 0.0190. The number of thiol groups is 2. The van der Waals surface area contributed by atoms with E-state index in [1.165, 1.54) is 0 Å². The zero-order chi connectivity index (χ0) is 43.5. The number of primary amides is 2. The van der Waals surface area contributed by atoms with Gasteiger partial charge in [0.2, 0.25) is 41.4 Å². The second-order valence-corrected chi connectivity index (χ2v) is 14.4. The minimum atomic E-state index is -1.31. The van der Waals surface area contributed by atoms with Crippen molar-refractivity contribution in [1.29, 1.82) is 5.41 Å². The standard InChI is InChI=1S/C38H54N12O7S2/c1-43-30(20-59)37(57)47-26(13-14-31(39)51)34(54)48-27(16-21-8-3-2-4-9-21)35(55)46-25(12-7-15-44-38(41)42)33(53)49-28(36(56)50-29(19-58)32(40)52)17-22-18-45-24-11-6-5-10-23(22)24/h2-6,8-11,18,25-30,43,45,58-59H,7,12-17,19-20H2,1H3,(H2,39,51)(H2,40,52)(H,46,55)(H,47,57)(H,48,54)(H,49,53)(H,50,56)(H4,41,42,44)/t25-,26-,27+,28-,29-,30-/m0/s1.